The lowest BCUT2D eigenvalue weighted by atomic mass is 10.1. The van der Waals surface area contributed by atoms with Crippen molar-refractivity contribution in [3.05, 3.63) is 23.8 Å². The van der Waals surface area contributed by atoms with Crippen molar-refractivity contribution in [1.29, 1.82) is 0 Å². The zero-order chi connectivity index (χ0) is 15.2. The second kappa shape index (κ2) is 6.97. The molecule has 6 nitrogen and oxygen atoms in total. The second-order valence-corrected chi connectivity index (χ2v) is 4.68. The van der Waals surface area contributed by atoms with Gasteiger partial charge >= 0.3 is 5.97 Å². The summed E-state index contributed by atoms with van der Waals surface area (Å²) >= 11 is 0. The lowest BCUT2D eigenvalue weighted by Crippen LogP contribution is -2.35. The molecule has 1 amide bonds. The van der Waals surface area contributed by atoms with Crippen molar-refractivity contribution in [2.75, 3.05) is 19.8 Å². The third-order valence-electron chi connectivity index (χ3n) is 2.98. The highest BCUT2D eigenvalue weighted by Gasteiger charge is 2.18. The van der Waals surface area contributed by atoms with Crippen LogP contribution in [0.3, 0.4) is 0 Å². The average molecular weight is 293 g/mol. The fourth-order valence-corrected chi connectivity index (χ4v) is 1.97. The Balaban J connectivity index is 1.92. The van der Waals surface area contributed by atoms with Crippen LogP contribution in [0.5, 0.6) is 11.5 Å². The molecule has 0 spiro atoms. The number of hydrogen-bond donors (Lipinski definition) is 1. The van der Waals surface area contributed by atoms with Crippen LogP contribution in [0.2, 0.25) is 0 Å². The minimum Gasteiger partial charge on any atom is -0.486 e. The van der Waals surface area contributed by atoms with Gasteiger partial charge in [0.1, 0.15) is 13.2 Å². The summed E-state index contributed by atoms with van der Waals surface area (Å²) in [5, 5.41) is 2.60. The van der Waals surface area contributed by atoms with Crippen LogP contribution in [0.25, 0.3) is 0 Å². The van der Waals surface area contributed by atoms with Gasteiger partial charge in [-0.25, -0.2) is 0 Å². The van der Waals surface area contributed by atoms with E-state index in [1.165, 1.54) is 0 Å². The smallest absolute Gasteiger partial charge is 0.311 e. The van der Waals surface area contributed by atoms with Crippen molar-refractivity contribution in [2.24, 2.45) is 0 Å². The summed E-state index contributed by atoms with van der Waals surface area (Å²) in [4.78, 5) is 23.3. The molecule has 0 bridgehead atoms. The van der Waals surface area contributed by atoms with Crippen LogP contribution >= 0.6 is 0 Å². The van der Waals surface area contributed by atoms with Gasteiger partial charge < -0.3 is 19.5 Å². The molecule has 2 rings (SSSR count). The quantitative estimate of drug-likeness (QED) is 0.822. The summed E-state index contributed by atoms with van der Waals surface area (Å²) in [5.74, 6) is 0.552. The zero-order valence-corrected chi connectivity index (χ0v) is 12.2. The molecule has 6 heteroatoms. The van der Waals surface area contributed by atoms with E-state index in [2.05, 4.69) is 5.32 Å². The van der Waals surface area contributed by atoms with Gasteiger partial charge in [0.2, 0.25) is 0 Å². The number of fused-ring (bicyclic) bond motifs is 1. The van der Waals surface area contributed by atoms with Crippen molar-refractivity contribution >= 4 is 11.9 Å². The third kappa shape index (κ3) is 4.11. The van der Waals surface area contributed by atoms with Crippen molar-refractivity contribution in [2.45, 2.75) is 26.4 Å². The first-order valence-corrected chi connectivity index (χ1v) is 6.96. The van der Waals surface area contributed by atoms with E-state index in [1.807, 2.05) is 6.92 Å². The first-order chi connectivity index (χ1) is 10.1. The Morgan fingerprint density at radius 3 is 2.71 bits per heavy atom. The number of amides is 1. The maximum atomic E-state index is 11.8. The monoisotopic (exact) mass is 293 g/mol. The summed E-state index contributed by atoms with van der Waals surface area (Å²) in [7, 11) is 0. The topological polar surface area (TPSA) is 73.9 Å². The molecule has 0 fully saturated rings. The number of benzene rings is 1. The lowest BCUT2D eigenvalue weighted by molar-refractivity contribution is -0.154. The number of rotatable bonds is 5. The van der Waals surface area contributed by atoms with Gasteiger partial charge in [-0.1, -0.05) is 6.07 Å². The van der Waals surface area contributed by atoms with E-state index in [9.17, 15) is 9.59 Å². The van der Waals surface area contributed by atoms with Gasteiger partial charge in [-0.3, -0.25) is 9.59 Å². The van der Waals surface area contributed by atoms with Gasteiger partial charge in [-0.05, 0) is 31.5 Å². The summed E-state index contributed by atoms with van der Waals surface area (Å²) < 4.78 is 16.0. The molecule has 114 valence electrons. The predicted octanol–water partition coefficient (Wildman–Crippen LogP) is 1.07. The number of likely N-dealkylation sites (N-methyl/N-ethyl adjacent to an activating group) is 1. The van der Waals surface area contributed by atoms with Crippen LogP contribution in [-0.4, -0.2) is 37.7 Å². The van der Waals surface area contributed by atoms with Gasteiger partial charge in [0, 0.05) is 6.54 Å². The van der Waals surface area contributed by atoms with Crippen LogP contribution in [0, 0.1) is 0 Å². The largest absolute Gasteiger partial charge is 0.486 e. The number of ether oxygens (including phenoxy) is 3. The van der Waals surface area contributed by atoms with Crippen molar-refractivity contribution in [1.82, 2.24) is 5.32 Å². The van der Waals surface area contributed by atoms with Crippen molar-refractivity contribution in [3.63, 3.8) is 0 Å². The molecule has 0 radical (unpaired) electrons. The molecule has 1 heterocycles. The number of carbonyl (C=O) groups excluding carboxylic acids is 2. The first kappa shape index (κ1) is 15.2. The molecule has 0 aliphatic carbocycles. The minimum absolute atomic E-state index is 0.0837. The highest BCUT2D eigenvalue weighted by Crippen LogP contribution is 2.30. The molecule has 1 aliphatic rings. The minimum atomic E-state index is -0.797. The zero-order valence-electron chi connectivity index (χ0n) is 12.2. The fraction of sp³-hybridized carbons (Fsp3) is 0.467. The van der Waals surface area contributed by atoms with Gasteiger partial charge in [0.25, 0.3) is 5.91 Å². The maximum absolute atomic E-state index is 11.8. The molecule has 1 atom stereocenters. The SMILES string of the molecule is CCNC(=O)[C@H](C)OC(=O)Cc1ccc2c(c1)OCCO2. The molecular weight excluding hydrogens is 274 g/mol. The van der Waals surface area contributed by atoms with Crippen molar-refractivity contribution < 1.29 is 23.8 Å². The van der Waals surface area contributed by atoms with E-state index in [-0.39, 0.29) is 12.3 Å². The van der Waals surface area contributed by atoms with Gasteiger partial charge in [-0.2, -0.15) is 0 Å². The van der Waals surface area contributed by atoms with Gasteiger partial charge in [0.15, 0.2) is 17.6 Å². The summed E-state index contributed by atoms with van der Waals surface area (Å²) in [6.07, 6.45) is -0.713. The van der Waals surface area contributed by atoms with E-state index >= 15 is 0 Å². The molecule has 1 aromatic carbocycles. The van der Waals surface area contributed by atoms with Gasteiger partial charge in [-0.15, -0.1) is 0 Å². The van der Waals surface area contributed by atoms with Crippen LogP contribution < -0.4 is 14.8 Å². The van der Waals surface area contributed by atoms with Crippen LogP contribution in [0.1, 0.15) is 19.4 Å². The van der Waals surface area contributed by atoms with E-state index in [0.29, 0.717) is 31.3 Å². The molecule has 1 aliphatic heterocycles. The van der Waals surface area contributed by atoms with Crippen molar-refractivity contribution in [3.8, 4) is 11.5 Å². The highest BCUT2D eigenvalue weighted by atomic mass is 16.6. The average Bonchev–Trinajstić information content (AvgIpc) is 2.47. The Morgan fingerprint density at radius 2 is 2.00 bits per heavy atom. The number of esters is 1. The first-order valence-electron chi connectivity index (χ1n) is 6.96. The lowest BCUT2D eigenvalue weighted by Gasteiger charge is -2.19. The Kier molecular flexibility index (Phi) is 5.03. The Morgan fingerprint density at radius 1 is 1.29 bits per heavy atom. The number of hydrogen-bond acceptors (Lipinski definition) is 5. The molecule has 0 aromatic heterocycles. The van der Waals surface area contributed by atoms with Gasteiger partial charge in [0.05, 0.1) is 6.42 Å². The molecule has 1 N–H and O–H groups in total. The Hall–Kier alpha value is -2.24. The van der Waals surface area contributed by atoms with Crippen LogP contribution in [0.4, 0.5) is 0 Å². The Labute approximate surface area is 123 Å². The van der Waals surface area contributed by atoms with E-state index < -0.39 is 12.1 Å². The van der Waals surface area contributed by atoms with E-state index in [4.69, 9.17) is 14.2 Å². The fourth-order valence-electron chi connectivity index (χ4n) is 1.97. The number of nitrogens with one attached hydrogen (secondary N) is 1. The third-order valence-corrected chi connectivity index (χ3v) is 2.98. The molecule has 0 saturated carbocycles. The molecule has 0 unspecified atom stereocenters. The molecule has 1 aromatic rings. The summed E-state index contributed by atoms with van der Waals surface area (Å²) in [5.41, 5.74) is 0.757. The Bertz CT molecular complexity index is 529. The van der Waals surface area contributed by atoms with E-state index in [1.54, 1.807) is 25.1 Å². The predicted molar refractivity (Wildman–Crippen MR) is 75.4 cm³/mol. The van der Waals surface area contributed by atoms with Crippen LogP contribution in [0.15, 0.2) is 18.2 Å². The number of carbonyl (C=O) groups is 2. The maximum Gasteiger partial charge on any atom is 0.311 e. The summed E-state index contributed by atoms with van der Waals surface area (Å²) in [6.45, 7) is 4.88. The molecular formula is C15H19NO5. The van der Waals surface area contributed by atoms with E-state index in [0.717, 1.165) is 5.56 Å². The van der Waals surface area contributed by atoms with Crippen LogP contribution in [-0.2, 0) is 20.7 Å². The molecule has 21 heavy (non-hydrogen) atoms. The molecule has 0 saturated heterocycles. The summed E-state index contributed by atoms with van der Waals surface area (Å²) in [6, 6.07) is 5.31. The standard InChI is InChI=1S/C15H19NO5/c1-3-16-15(18)10(2)21-14(17)9-11-4-5-12-13(8-11)20-7-6-19-12/h4-5,8,10H,3,6-7,9H2,1-2H3,(H,16,18)/t10-/m0/s1. The normalized spacial score (nSPS) is 14.2. The second-order valence-electron chi connectivity index (χ2n) is 4.68. The highest BCUT2D eigenvalue weighted by molar-refractivity contribution is 5.83.